The topological polar surface area (TPSA) is 44.4 Å². The predicted octanol–water partition coefficient (Wildman–Crippen LogP) is 1.04. The van der Waals surface area contributed by atoms with Crippen LogP contribution >= 0.6 is 24.8 Å². The van der Waals surface area contributed by atoms with Crippen LogP contribution in [0.3, 0.4) is 0 Å². The van der Waals surface area contributed by atoms with Gasteiger partial charge in [0.25, 0.3) is 0 Å². The number of rotatable bonds is 5. The van der Waals surface area contributed by atoms with Gasteiger partial charge in [0.05, 0.1) is 6.04 Å². The second-order valence-corrected chi connectivity index (χ2v) is 4.51. The van der Waals surface area contributed by atoms with Gasteiger partial charge in [-0.15, -0.1) is 24.8 Å². The van der Waals surface area contributed by atoms with Crippen molar-refractivity contribution < 1.29 is 4.79 Å². The molecule has 4 nitrogen and oxygen atoms in total. The molecule has 0 saturated carbocycles. The van der Waals surface area contributed by atoms with Crippen LogP contribution in [-0.2, 0) is 4.79 Å². The molecule has 2 N–H and O–H groups in total. The van der Waals surface area contributed by atoms with Gasteiger partial charge in [0, 0.05) is 19.1 Å². The van der Waals surface area contributed by atoms with Crippen molar-refractivity contribution in [1.82, 2.24) is 15.5 Å². The Hall–Kier alpha value is -0.0300. The standard InChI is InChI=1S/C11H23N3O.2ClH/c1-9(2)14(3)8-7-13-11(15)10-5-4-6-12-10;;/h9-10,12H,4-8H2,1-3H3,(H,13,15);2*1H. The van der Waals surface area contributed by atoms with Gasteiger partial charge in [-0.2, -0.15) is 0 Å². The number of nitrogens with one attached hydrogen (secondary N) is 2. The van der Waals surface area contributed by atoms with Crippen LogP contribution in [-0.4, -0.2) is 49.6 Å². The molecule has 1 rings (SSSR count). The third-order valence-electron chi connectivity index (χ3n) is 3.02. The SMILES string of the molecule is CC(C)N(C)CCNC(=O)C1CCCN1.Cl.Cl. The van der Waals surface area contributed by atoms with Gasteiger partial charge in [0.15, 0.2) is 0 Å². The van der Waals surface area contributed by atoms with Gasteiger partial charge < -0.3 is 15.5 Å². The van der Waals surface area contributed by atoms with Gasteiger partial charge in [0.2, 0.25) is 5.91 Å². The second kappa shape index (κ2) is 9.95. The lowest BCUT2D eigenvalue weighted by molar-refractivity contribution is -0.122. The van der Waals surface area contributed by atoms with Crippen LogP contribution in [0.25, 0.3) is 0 Å². The lowest BCUT2D eigenvalue weighted by Gasteiger charge is -2.21. The van der Waals surface area contributed by atoms with Crippen molar-refractivity contribution >= 4 is 30.7 Å². The van der Waals surface area contributed by atoms with E-state index in [1.807, 2.05) is 0 Å². The minimum Gasteiger partial charge on any atom is -0.353 e. The fourth-order valence-electron chi connectivity index (χ4n) is 1.65. The van der Waals surface area contributed by atoms with Crippen molar-refractivity contribution in [2.45, 2.75) is 38.8 Å². The molecule has 1 fully saturated rings. The molecule has 0 bridgehead atoms. The van der Waals surface area contributed by atoms with Crippen LogP contribution in [0.5, 0.6) is 0 Å². The zero-order valence-corrected chi connectivity index (χ0v) is 12.5. The lowest BCUT2D eigenvalue weighted by atomic mass is 10.2. The molecule has 1 aliphatic rings. The number of nitrogens with zero attached hydrogens (tertiary/aromatic N) is 1. The van der Waals surface area contributed by atoms with Gasteiger partial charge in [-0.25, -0.2) is 0 Å². The fraction of sp³-hybridized carbons (Fsp3) is 0.909. The Bertz CT molecular complexity index is 209. The van der Waals surface area contributed by atoms with E-state index in [2.05, 4.69) is 36.4 Å². The predicted molar refractivity (Wildman–Crippen MR) is 76.3 cm³/mol. The summed E-state index contributed by atoms with van der Waals surface area (Å²) in [6, 6.07) is 0.584. The van der Waals surface area contributed by atoms with Gasteiger partial charge in [0.1, 0.15) is 0 Å². The van der Waals surface area contributed by atoms with Crippen molar-refractivity contribution in [3.63, 3.8) is 0 Å². The van der Waals surface area contributed by atoms with E-state index >= 15 is 0 Å². The molecular formula is C11H25Cl2N3O. The van der Waals surface area contributed by atoms with Gasteiger partial charge in [-0.1, -0.05) is 0 Å². The molecule has 0 aromatic heterocycles. The molecule has 1 atom stereocenters. The highest BCUT2D eigenvalue weighted by Crippen LogP contribution is 2.04. The Morgan fingerprint density at radius 3 is 2.59 bits per heavy atom. The Morgan fingerprint density at radius 2 is 2.12 bits per heavy atom. The van der Waals surface area contributed by atoms with E-state index in [1.54, 1.807) is 0 Å². The first-order valence-electron chi connectivity index (χ1n) is 5.82. The zero-order valence-electron chi connectivity index (χ0n) is 10.9. The monoisotopic (exact) mass is 285 g/mol. The van der Waals surface area contributed by atoms with Gasteiger partial charge >= 0.3 is 0 Å². The number of carbonyl (C=O) groups excluding carboxylic acids is 1. The lowest BCUT2D eigenvalue weighted by Crippen LogP contribution is -2.43. The molecule has 1 unspecified atom stereocenters. The van der Waals surface area contributed by atoms with E-state index in [0.29, 0.717) is 6.04 Å². The highest BCUT2D eigenvalue weighted by Gasteiger charge is 2.21. The summed E-state index contributed by atoms with van der Waals surface area (Å²) in [5, 5.41) is 6.16. The van der Waals surface area contributed by atoms with E-state index in [1.165, 1.54) is 0 Å². The summed E-state index contributed by atoms with van der Waals surface area (Å²) >= 11 is 0. The van der Waals surface area contributed by atoms with Crippen molar-refractivity contribution in [3.05, 3.63) is 0 Å². The summed E-state index contributed by atoms with van der Waals surface area (Å²) in [5.41, 5.74) is 0. The molecule has 1 saturated heterocycles. The molecule has 6 heteroatoms. The van der Waals surface area contributed by atoms with Gasteiger partial charge in [-0.05, 0) is 40.3 Å². The third kappa shape index (κ3) is 7.09. The average Bonchev–Trinajstić information content (AvgIpc) is 2.70. The molecule has 104 valence electrons. The van der Waals surface area contributed by atoms with Gasteiger partial charge in [-0.3, -0.25) is 4.79 Å². The van der Waals surface area contributed by atoms with Crippen LogP contribution < -0.4 is 10.6 Å². The summed E-state index contributed by atoms with van der Waals surface area (Å²) in [6.07, 6.45) is 2.09. The molecule has 0 aliphatic carbocycles. The summed E-state index contributed by atoms with van der Waals surface area (Å²) in [5.74, 6) is 0.157. The number of hydrogen-bond donors (Lipinski definition) is 2. The molecular weight excluding hydrogens is 261 g/mol. The molecule has 1 aliphatic heterocycles. The van der Waals surface area contributed by atoms with E-state index in [9.17, 15) is 4.79 Å². The van der Waals surface area contributed by atoms with E-state index in [-0.39, 0.29) is 36.8 Å². The van der Waals surface area contributed by atoms with Crippen LogP contribution in [0, 0.1) is 0 Å². The van der Waals surface area contributed by atoms with Crippen LogP contribution in [0.15, 0.2) is 0 Å². The first-order valence-corrected chi connectivity index (χ1v) is 5.82. The fourth-order valence-corrected chi connectivity index (χ4v) is 1.65. The maximum atomic E-state index is 11.6. The molecule has 0 radical (unpaired) electrons. The normalized spacial score (nSPS) is 18.8. The highest BCUT2D eigenvalue weighted by molar-refractivity contribution is 5.85. The van der Waals surface area contributed by atoms with Crippen LogP contribution in [0.1, 0.15) is 26.7 Å². The molecule has 1 amide bonds. The first kappa shape index (κ1) is 19.3. The van der Waals surface area contributed by atoms with Crippen molar-refractivity contribution in [2.24, 2.45) is 0 Å². The summed E-state index contributed by atoms with van der Waals surface area (Å²) in [7, 11) is 2.07. The quantitative estimate of drug-likeness (QED) is 0.793. The van der Waals surface area contributed by atoms with E-state index < -0.39 is 0 Å². The Labute approximate surface area is 117 Å². The molecule has 0 aromatic carbocycles. The zero-order chi connectivity index (χ0) is 11.3. The molecule has 0 aromatic rings. The molecule has 0 spiro atoms. The molecule has 1 heterocycles. The smallest absolute Gasteiger partial charge is 0.237 e. The maximum absolute atomic E-state index is 11.6. The molecule has 17 heavy (non-hydrogen) atoms. The number of likely N-dealkylation sites (N-methyl/N-ethyl adjacent to an activating group) is 1. The number of hydrogen-bond acceptors (Lipinski definition) is 3. The minimum atomic E-state index is 0. The second-order valence-electron chi connectivity index (χ2n) is 4.51. The first-order chi connectivity index (χ1) is 7.11. The van der Waals surface area contributed by atoms with Crippen LogP contribution in [0.2, 0.25) is 0 Å². The van der Waals surface area contributed by atoms with E-state index in [0.717, 1.165) is 32.5 Å². The Kier molecular flexibility index (Phi) is 11.3. The van der Waals surface area contributed by atoms with Crippen molar-refractivity contribution in [2.75, 3.05) is 26.7 Å². The summed E-state index contributed by atoms with van der Waals surface area (Å²) in [6.45, 7) is 6.94. The Morgan fingerprint density at radius 1 is 1.47 bits per heavy atom. The number of carbonyl (C=O) groups is 1. The van der Waals surface area contributed by atoms with Crippen LogP contribution in [0.4, 0.5) is 0 Å². The summed E-state index contributed by atoms with van der Waals surface area (Å²) < 4.78 is 0. The minimum absolute atomic E-state index is 0. The van der Waals surface area contributed by atoms with Crippen molar-refractivity contribution in [3.8, 4) is 0 Å². The largest absolute Gasteiger partial charge is 0.353 e. The maximum Gasteiger partial charge on any atom is 0.237 e. The Balaban J connectivity index is 0. The highest BCUT2D eigenvalue weighted by atomic mass is 35.5. The number of amides is 1. The average molecular weight is 286 g/mol. The van der Waals surface area contributed by atoms with E-state index in [4.69, 9.17) is 0 Å². The summed E-state index contributed by atoms with van der Waals surface area (Å²) in [4.78, 5) is 13.8. The number of halogens is 2. The van der Waals surface area contributed by atoms with Crippen molar-refractivity contribution in [1.29, 1.82) is 0 Å². The third-order valence-corrected chi connectivity index (χ3v) is 3.02.